The molecule has 0 bridgehead atoms. The number of hydrazone groups is 2. The Bertz CT molecular complexity index is 1450. The molecule has 0 unspecified atom stereocenters. The molecule has 3 aromatic rings. The van der Waals surface area contributed by atoms with Crippen molar-refractivity contribution < 1.29 is 19.4 Å². The normalized spacial score (nSPS) is 14.1. The van der Waals surface area contributed by atoms with Gasteiger partial charge in [0, 0.05) is 5.56 Å². The highest BCUT2D eigenvalue weighted by Gasteiger charge is 2.32. The molecule has 0 fully saturated rings. The molecule has 1 heterocycles. The Balaban J connectivity index is 1.70. The molecule has 3 aromatic carbocycles. The lowest BCUT2D eigenvalue weighted by Crippen LogP contribution is -2.29. The van der Waals surface area contributed by atoms with E-state index >= 15 is 0 Å². The lowest BCUT2D eigenvalue weighted by atomic mass is 10.0. The second-order valence-electron chi connectivity index (χ2n) is 8.14. The smallest absolute Gasteiger partial charge is 0.337 e. The third kappa shape index (κ3) is 4.43. The molecular weight excluding hydrogens is 462 g/mol. The minimum absolute atomic E-state index is 0.0521. The number of anilines is 2. The van der Waals surface area contributed by atoms with Crippen molar-refractivity contribution in [3.8, 4) is 16.9 Å². The number of para-hydroxylation sites is 1. The van der Waals surface area contributed by atoms with Gasteiger partial charge in [-0.15, -0.1) is 15.1 Å². The zero-order valence-electron chi connectivity index (χ0n) is 20.1. The van der Waals surface area contributed by atoms with Crippen LogP contribution in [0, 0.1) is 18.8 Å². The van der Waals surface area contributed by atoms with Gasteiger partial charge < -0.3 is 9.84 Å². The predicted molar refractivity (Wildman–Crippen MR) is 137 cm³/mol. The molecule has 0 spiro atoms. The number of carbonyl (C=O) groups is 2. The number of nitroso groups, excluding NO2 is 1. The Hall–Kier alpha value is -4.86. The van der Waals surface area contributed by atoms with Crippen molar-refractivity contribution in [2.75, 3.05) is 17.2 Å². The molecule has 0 atom stereocenters. The van der Waals surface area contributed by atoms with Gasteiger partial charge in [-0.25, -0.2) is 4.79 Å². The van der Waals surface area contributed by atoms with E-state index in [9.17, 15) is 19.6 Å². The maximum absolute atomic E-state index is 13.1. The summed E-state index contributed by atoms with van der Waals surface area (Å²) in [5.41, 5.74) is 3.89. The van der Waals surface area contributed by atoms with Crippen LogP contribution >= 0.6 is 0 Å². The lowest BCUT2D eigenvalue weighted by Gasteiger charge is -2.15. The highest BCUT2D eigenvalue weighted by Crippen LogP contribution is 2.38. The summed E-state index contributed by atoms with van der Waals surface area (Å²) in [6, 6.07) is 16.6. The number of aromatic hydroxyl groups is 1. The fourth-order valence-corrected chi connectivity index (χ4v) is 3.71. The van der Waals surface area contributed by atoms with Gasteiger partial charge in [-0.1, -0.05) is 30.3 Å². The monoisotopic (exact) mass is 485 g/mol. The largest absolute Gasteiger partial charge is 0.505 e. The predicted octanol–water partition coefficient (Wildman–Crippen LogP) is 4.73. The summed E-state index contributed by atoms with van der Waals surface area (Å²) >= 11 is 0. The zero-order chi connectivity index (χ0) is 26.0. The fraction of sp³-hybridized carbons (Fsp3) is 0.154. The minimum Gasteiger partial charge on any atom is -0.505 e. The number of methoxy groups -OCH3 is 1. The molecule has 0 radical (unpaired) electrons. The van der Waals surface area contributed by atoms with Crippen LogP contribution in [0.4, 0.5) is 11.4 Å². The van der Waals surface area contributed by atoms with Gasteiger partial charge in [0.1, 0.15) is 5.69 Å². The van der Waals surface area contributed by atoms with E-state index in [1.54, 1.807) is 49.4 Å². The first-order valence-electron chi connectivity index (χ1n) is 10.9. The van der Waals surface area contributed by atoms with Crippen molar-refractivity contribution in [2.24, 2.45) is 15.5 Å². The minimum atomic E-state index is -0.536. The first-order chi connectivity index (χ1) is 17.2. The maximum atomic E-state index is 13.1. The quantitative estimate of drug-likeness (QED) is 0.306. The summed E-state index contributed by atoms with van der Waals surface area (Å²) in [6.07, 6.45) is 0. The molecule has 1 aliphatic rings. The van der Waals surface area contributed by atoms with Crippen LogP contribution in [-0.2, 0) is 9.53 Å². The van der Waals surface area contributed by atoms with E-state index in [-0.39, 0.29) is 22.9 Å². The molecule has 1 N–H and O–H groups in total. The average Bonchev–Trinajstić information content (AvgIpc) is 3.17. The van der Waals surface area contributed by atoms with Crippen LogP contribution in [0.2, 0.25) is 0 Å². The Morgan fingerprint density at radius 1 is 1.03 bits per heavy atom. The van der Waals surface area contributed by atoms with Crippen LogP contribution in [0.5, 0.6) is 5.75 Å². The summed E-state index contributed by atoms with van der Waals surface area (Å²) in [6.45, 7) is 5.49. The number of rotatable bonds is 6. The van der Waals surface area contributed by atoms with Crippen LogP contribution < -0.4 is 10.1 Å². The second-order valence-corrected chi connectivity index (χ2v) is 8.14. The van der Waals surface area contributed by atoms with E-state index in [0.717, 1.165) is 11.1 Å². The van der Waals surface area contributed by atoms with Gasteiger partial charge in [0.05, 0.1) is 29.4 Å². The van der Waals surface area contributed by atoms with Gasteiger partial charge in [0.2, 0.25) is 0 Å². The summed E-state index contributed by atoms with van der Waals surface area (Å²) in [5, 5.41) is 24.1. The fourth-order valence-electron chi connectivity index (χ4n) is 3.71. The summed E-state index contributed by atoms with van der Waals surface area (Å²) in [5.74, 6) is -1.38. The Morgan fingerprint density at radius 3 is 2.47 bits per heavy atom. The molecule has 4 rings (SSSR count). The highest BCUT2D eigenvalue weighted by atomic mass is 16.5. The standard InChI is InChI=1S/C26H23N5O5/c1-15-11-12-20(13-16(15)2)30-25(33)23(17(3)27-30)28-31(29-35)22-10-6-9-21(24(22)32)18-7-5-8-19(14-18)26(34)36-4/h5-14,32H,1-4H3. The number of hydrogen-bond donors (Lipinski definition) is 1. The van der Waals surface area contributed by atoms with E-state index in [1.807, 2.05) is 26.0 Å². The second kappa shape index (κ2) is 9.79. The van der Waals surface area contributed by atoms with Gasteiger partial charge in [-0.05, 0) is 67.8 Å². The number of phenols is 1. The molecule has 10 nitrogen and oxygen atoms in total. The van der Waals surface area contributed by atoms with Crippen LogP contribution in [0.15, 0.2) is 76.2 Å². The van der Waals surface area contributed by atoms with E-state index in [2.05, 4.69) is 15.5 Å². The SMILES string of the molecule is COC(=O)c1cccc(-c2cccc(N(N=O)N=C3C(=O)N(c4ccc(C)c(C)c4)N=C3C)c2O)c1. The molecule has 1 amide bonds. The van der Waals surface area contributed by atoms with Crippen molar-refractivity contribution >= 4 is 34.7 Å². The van der Waals surface area contributed by atoms with Crippen molar-refractivity contribution in [3.63, 3.8) is 0 Å². The number of hydrogen-bond acceptors (Lipinski definition) is 8. The lowest BCUT2D eigenvalue weighted by molar-refractivity contribution is -0.112. The number of phenolic OH excluding ortho intramolecular Hbond substituents is 1. The van der Waals surface area contributed by atoms with Crippen LogP contribution in [0.1, 0.15) is 28.4 Å². The van der Waals surface area contributed by atoms with Gasteiger partial charge >= 0.3 is 11.9 Å². The third-order valence-corrected chi connectivity index (χ3v) is 5.82. The van der Waals surface area contributed by atoms with Gasteiger partial charge in [-0.2, -0.15) is 10.1 Å². The van der Waals surface area contributed by atoms with Crippen molar-refractivity contribution in [3.05, 3.63) is 82.3 Å². The Labute approximate surface area is 207 Å². The molecule has 10 heteroatoms. The van der Waals surface area contributed by atoms with E-state index in [4.69, 9.17) is 4.74 Å². The number of carbonyl (C=O) groups excluding carboxylic acids is 2. The molecule has 182 valence electrons. The van der Waals surface area contributed by atoms with Crippen LogP contribution in [0.3, 0.4) is 0 Å². The number of amides is 1. The average molecular weight is 486 g/mol. The zero-order valence-corrected chi connectivity index (χ0v) is 20.1. The van der Waals surface area contributed by atoms with Gasteiger partial charge in [0.15, 0.2) is 11.5 Å². The first-order valence-corrected chi connectivity index (χ1v) is 10.9. The molecular formula is C26H23N5O5. The number of esters is 1. The molecule has 36 heavy (non-hydrogen) atoms. The molecule has 1 aliphatic heterocycles. The number of nitrogens with zero attached hydrogens (tertiary/aromatic N) is 5. The first kappa shape index (κ1) is 24.3. The number of aryl methyl sites for hydroxylation is 2. The third-order valence-electron chi connectivity index (χ3n) is 5.82. The van der Waals surface area contributed by atoms with E-state index in [1.165, 1.54) is 18.2 Å². The van der Waals surface area contributed by atoms with E-state index < -0.39 is 11.9 Å². The number of ether oxygens (including phenoxy) is 1. The summed E-state index contributed by atoms with van der Waals surface area (Å²) < 4.78 is 4.75. The Morgan fingerprint density at radius 2 is 1.78 bits per heavy atom. The molecule has 0 saturated heterocycles. The number of benzene rings is 3. The highest BCUT2D eigenvalue weighted by molar-refractivity contribution is 6.71. The summed E-state index contributed by atoms with van der Waals surface area (Å²) in [4.78, 5) is 36.8. The van der Waals surface area contributed by atoms with Crippen molar-refractivity contribution in [1.82, 2.24) is 0 Å². The van der Waals surface area contributed by atoms with Crippen molar-refractivity contribution in [2.45, 2.75) is 20.8 Å². The summed E-state index contributed by atoms with van der Waals surface area (Å²) in [7, 11) is 1.27. The maximum Gasteiger partial charge on any atom is 0.337 e. The van der Waals surface area contributed by atoms with Crippen molar-refractivity contribution in [1.29, 1.82) is 0 Å². The Kier molecular flexibility index (Phi) is 6.60. The molecule has 0 aromatic heterocycles. The van der Waals surface area contributed by atoms with Gasteiger partial charge in [-0.3, -0.25) is 4.79 Å². The van der Waals surface area contributed by atoms with E-state index in [0.29, 0.717) is 27.5 Å². The van der Waals surface area contributed by atoms with Crippen LogP contribution in [0.25, 0.3) is 11.1 Å². The molecule has 0 saturated carbocycles. The topological polar surface area (TPSA) is 124 Å². The van der Waals surface area contributed by atoms with Gasteiger partial charge in [0.25, 0.3) is 0 Å². The van der Waals surface area contributed by atoms with Crippen LogP contribution in [-0.4, -0.2) is 35.5 Å². The molecule has 0 aliphatic carbocycles.